The average molecular weight is 284 g/mol. The molecule has 2 rings (SSSR count). The fourth-order valence-electron chi connectivity index (χ4n) is 1.73. The van der Waals surface area contributed by atoms with E-state index in [0.29, 0.717) is 21.6 Å². The Morgan fingerprint density at radius 1 is 1.50 bits per heavy atom. The third-order valence-corrected chi connectivity index (χ3v) is 3.26. The van der Waals surface area contributed by atoms with Gasteiger partial charge in [0.05, 0.1) is 11.0 Å². The van der Waals surface area contributed by atoms with Gasteiger partial charge in [0.2, 0.25) is 0 Å². The second kappa shape index (κ2) is 5.54. The number of nitrogens with one attached hydrogen (secondary N) is 2. The van der Waals surface area contributed by atoms with Crippen LogP contribution in [0.4, 0.5) is 10.5 Å². The van der Waals surface area contributed by atoms with Gasteiger partial charge in [-0.15, -0.1) is 0 Å². The van der Waals surface area contributed by atoms with Gasteiger partial charge in [0.1, 0.15) is 0 Å². The Bertz CT molecular complexity index is 476. The first-order valence-electron chi connectivity index (χ1n) is 5.68. The molecule has 4 N–H and O–H groups in total. The van der Waals surface area contributed by atoms with Gasteiger partial charge in [-0.05, 0) is 37.0 Å². The van der Waals surface area contributed by atoms with Crippen LogP contribution in [0.3, 0.4) is 0 Å². The molecule has 1 fully saturated rings. The van der Waals surface area contributed by atoms with Crippen molar-refractivity contribution in [1.29, 1.82) is 0 Å². The van der Waals surface area contributed by atoms with Crippen LogP contribution in [0.25, 0.3) is 0 Å². The molecular formula is C12H14ClN3OS. The van der Waals surface area contributed by atoms with Crippen LogP contribution < -0.4 is 16.4 Å². The maximum absolute atomic E-state index is 11.8. The molecule has 0 aliphatic heterocycles. The van der Waals surface area contributed by atoms with Crippen molar-refractivity contribution >= 4 is 40.5 Å². The zero-order valence-electron chi connectivity index (χ0n) is 9.65. The summed E-state index contributed by atoms with van der Waals surface area (Å²) in [5.74, 6) is 0.382. The van der Waals surface area contributed by atoms with Crippen molar-refractivity contribution in [3.8, 4) is 0 Å². The van der Waals surface area contributed by atoms with Crippen molar-refractivity contribution in [2.75, 3.05) is 5.32 Å². The number of benzene rings is 1. The summed E-state index contributed by atoms with van der Waals surface area (Å²) in [7, 11) is 0. The van der Waals surface area contributed by atoms with Crippen LogP contribution in [0.1, 0.15) is 12.8 Å². The molecule has 6 heteroatoms. The van der Waals surface area contributed by atoms with Gasteiger partial charge >= 0.3 is 6.03 Å². The summed E-state index contributed by atoms with van der Waals surface area (Å²) in [5, 5.41) is 6.06. The zero-order chi connectivity index (χ0) is 13.1. The van der Waals surface area contributed by atoms with Crippen molar-refractivity contribution in [2.24, 2.45) is 11.7 Å². The first-order chi connectivity index (χ1) is 8.56. The highest BCUT2D eigenvalue weighted by molar-refractivity contribution is 7.80. The van der Waals surface area contributed by atoms with Gasteiger partial charge in [0, 0.05) is 10.7 Å². The molecule has 1 aliphatic carbocycles. The lowest BCUT2D eigenvalue weighted by atomic mass is 10.2. The second-order valence-corrected chi connectivity index (χ2v) is 5.23. The number of amides is 2. The second-order valence-electron chi connectivity index (χ2n) is 4.33. The predicted octanol–water partition coefficient (Wildman–Crippen LogP) is 2.53. The molecule has 0 radical (unpaired) electrons. The molecule has 1 saturated carbocycles. The molecule has 96 valence electrons. The molecule has 1 aromatic rings. The van der Waals surface area contributed by atoms with E-state index in [9.17, 15) is 4.79 Å². The largest absolute Gasteiger partial charge is 0.392 e. The first kappa shape index (κ1) is 13.1. The van der Waals surface area contributed by atoms with Crippen molar-refractivity contribution in [3.63, 3.8) is 0 Å². The summed E-state index contributed by atoms with van der Waals surface area (Å²) in [6.07, 6.45) is 2.11. The SMILES string of the molecule is NC(=S)C(NC(=O)Nc1cccc(Cl)c1)C1CC1. The normalized spacial score (nSPS) is 15.8. The van der Waals surface area contributed by atoms with Gasteiger partial charge in [0.15, 0.2) is 0 Å². The highest BCUT2D eigenvalue weighted by Crippen LogP contribution is 2.32. The average Bonchev–Trinajstić information content (AvgIpc) is 3.09. The summed E-state index contributed by atoms with van der Waals surface area (Å²) in [6.45, 7) is 0. The van der Waals surface area contributed by atoms with E-state index in [2.05, 4.69) is 10.6 Å². The van der Waals surface area contributed by atoms with Gasteiger partial charge in [-0.2, -0.15) is 0 Å². The fourth-order valence-corrected chi connectivity index (χ4v) is 2.17. The van der Waals surface area contributed by atoms with E-state index in [1.165, 1.54) is 0 Å². The number of carbonyl (C=O) groups excluding carboxylic acids is 1. The lowest BCUT2D eigenvalue weighted by Crippen LogP contribution is -2.46. The summed E-state index contributed by atoms with van der Waals surface area (Å²) in [4.78, 5) is 12.1. The topological polar surface area (TPSA) is 67.1 Å². The minimum atomic E-state index is -0.318. The van der Waals surface area contributed by atoms with E-state index in [4.69, 9.17) is 29.6 Å². The van der Waals surface area contributed by atoms with Crippen molar-refractivity contribution in [1.82, 2.24) is 5.32 Å². The molecule has 0 saturated heterocycles. The molecule has 0 heterocycles. The Balaban J connectivity index is 1.93. The highest BCUT2D eigenvalue weighted by Gasteiger charge is 2.34. The molecule has 1 unspecified atom stereocenters. The van der Waals surface area contributed by atoms with Crippen LogP contribution in [-0.2, 0) is 0 Å². The molecule has 18 heavy (non-hydrogen) atoms. The number of anilines is 1. The number of nitrogens with two attached hydrogens (primary N) is 1. The van der Waals surface area contributed by atoms with Gasteiger partial charge in [0.25, 0.3) is 0 Å². The van der Waals surface area contributed by atoms with Crippen LogP contribution in [0.2, 0.25) is 5.02 Å². The standard InChI is InChI=1S/C12H14ClN3OS/c13-8-2-1-3-9(6-8)15-12(17)16-10(11(14)18)7-4-5-7/h1-3,6-7,10H,4-5H2,(H2,14,18)(H2,15,16,17). The number of thiocarbonyl (C=S) groups is 1. The van der Waals surface area contributed by atoms with E-state index in [0.717, 1.165) is 12.8 Å². The Hall–Kier alpha value is -1.33. The van der Waals surface area contributed by atoms with Crippen molar-refractivity contribution in [3.05, 3.63) is 29.3 Å². The lowest BCUT2D eigenvalue weighted by Gasteiger charge is -2.17. The van der Waals surface area contributed by atoms with Crippen molar-refractivity contribution in [2.45, 2.75) is 18.9 Å². The summed E-state index contributed by atoms with van der Waals surface area (Å²) >= 11 is 10.8. The highest BCUT2D eigenvalue weighted by atomic mass is 35.5. The number of halogens is 1. The van der Waals surface area contributed by atoms with E-state index in [1.807, 2.05) is 0 Å². The Morgan fingerprint density at radius 3 is 2.78 bits per heavy atom. The third-order valence-electron chi connectivity index (χ3n) is 2.77. The maximum Gasteiger partial charge on any atom is 0.319 e. The molecule has 2 amide bonds. The number of urea groups is 1. The summed E-state index contributed by atoms with van der Waals surface area (Å²) in [6, 6.07) is 6.41. The zero-order valence-corrected chi connectivity index (χ0v) is 11.2. The number of hydrogen-bond donors (Lipinski definition) is 3. The van der Waals surface area contributed by atoms with E-state index < -0.39 is 0 Å². The van der Waals surface area contributed by atoms with Crippen LogP contribution in [-0.4, -0.2) is 17.1 Å². The molecule has 0 bridgehead atoms. The molecule has 1 atom stereocenters. The molecule has 0 aromatic heterocycles. The van der Waals surface area contributed by atoms with Gasteiger partial charge in [-0.1, -0.05) is 29.9 Å². The number of rotatable bonds is 4. The van der Waals surface area contributed by atoms with Crippen molar-refractivity contribution < 1.29 is 4.79 Å². The minimum absolute atomic E-state index is 0.223. The predicted molar refractivity (Wildman–Crippen MR) is 76.9 cm³/mol. The lowest BCUT2D eigenvalue weighted by molar-refractivity contribution is 0.250. The number of hydrogen-bond acceptors (Lipinski definition) is 2. The number of carbonyl (C=O) groups is 1. The quantitative estimate of drug-likeness (QED) is 0.744. The molecule has 1 aliphatic rings. The van der Waals surface area contributed by atoms with Gasteiger partial charge in [-0.3, -0.25) is 0 Å². The Labute approximate surface area is 116 Å². The Kier molecular flexibility index (Phi) is 4.04. The van der Waals surface area contributed by atoms with E-state index in [1.54, 1.807) is 24.3 Å². The van der Waals surface area contributed by atoms with Crippen LogP contribution in [0.15, 0.2) is 24.3 Å². The molecular weight excluding hydrogens is 270 g/mol. The smallest absolute Gasteiger partial charge is 0.319 e. The first-order valence-corrected chi connectivity index (χ1v) is 6.47. The Morgan fingerprint density at radius 2 is 2.22 bits per heavy atom. The maximum atomic E-state index is 11.8. The van der Waals surface area contributed by atoms with Crippen LogP contribution in [0, 0.1) is 5.92 Å². The van der Waals surface area contributed by atoms with Gasteiger partial charge in [-0.25, -0.2) is 4.79 Å². The van der Waals surface area contributed by atoms with E-state index >= 15 is 0 Å². The summed E-state index contributed by atoms with van der Waals surface area (Å²) < 4.78 is 0. The monoisotopic (exact) mass is 283 g/mol. The van der Waals surface area contributed by atoms with Crippen LogP contribution in [0.5, 0.6) is 0 Å². The molecule has 0 spiro atoms. The fraction of sp³-hybridized carbons (Fsp3) is 0.333. The minimum Gasteiger partial charge on any atom is -0.392 e. The third kappa shape index (κ3) is 3.58. The van der Waals surface area contributed by atoms with E-state index in [-0.39, 0.29) is 12.1 Å². The van der Waals surface area contributed by atoms with Crippen LogP contribution >= 0.6 is 23.8 Å². The van der Waals surface area contributed by atoms with Gasteiger partial charge < -0.3 is 16.4 Å². The molecule has 4 nitrogen and oxygen atoms in total. The molecule has 1 aromatic carbocycles. The summed E-state index contributed by atoms with van der Waals surface area (Å²) in [5.41, 5.74) is 6.25.